The van der Waals surface area contributed by atoms with Gasteiger partial charge < -0.3 is 14.4 Å². The van der Waals surface area contributed by atoms with Crippen LogP contribution >= 0.6 is 11.6 Å². The first-order valence-electron chi connectivity index (χ1n) is 7.24. The van der Waals surface area contributed by atoms with Gasteiger partial charge in [-0.05, 0) is 57.9 Å². The molecule has 5 heteroatoms. The Morgan fingerprint density at radius 1 is 1.29 bits per heavy atom. The molecule has 0 spiro atoms. The normalized spacial score (nSPS) is 19.2. The summed E-state index contributed by atoms with van der Waals surface area (Å²) in [7, 11) is 0. The zero-order chi connectivity index (χ0) is 15.5. The molecule has 0 bridgehead atoms. The topological polar surface area (TPSA) is 38.8 Å². The minimum atomic E-state index is -0.471. The van der Waals surface area contributed by atoms with Gasteiger partial charge in [0, 0.05) is 11.6 Å². The Morgan fingerprint density at radius 2 is 1.95 bits per heavy atom. The Bertz CT molecular complexity index is 481. The summed E-state index contributed by atoms with van der Waals surface area (Å²) >= 11 is 5.86. The molecule has 0 saturated carbocycles. The molecule has 1 aliphatic heterocycles. The molecular formula is C16H22ClNO3. The molecule has 1 fully saturated rings. The number of amides is 1. The highest BCUT2D eigenvalue weighted by atomic mass is 35.5. The van der Waals surface area contributed by atoms with Crippen LogP contribution in [0.25, 0.3) is 0 Å². The van der Waals surface area contributed by atoms with Crippen molar-refractivity contribution in [1.29, 1.82) is 0 Å². The molecule has 21 heavy (non-hydrogen) atoms. The van der Waals surface area contributed by atoms with Gasteiger partial charge in [-0.1, -0.05) is 11.6 Å². The van der Waals surface area contributed by atoms with E-state index >= 15 is 0 Å². The predicted molar refractivity (Wildman–Crippen MR) is 82.9 cm³/mol. The Labute approximate surface area is 131 Å². The lowest BCUT2D eigenvalue weighted by molar-refractivity contribution is 0.00776. The number of nitrogens with zero attached hydrogens (tertiary/aromatic N) is 1. The van der Waals surface area contributed by atoms with E-state index in [1.165, 1.54) is 0 Å². The monoisotopic (exact) mass is 311 g/mol. The van der Waals surface area contributed by atoms with Gasteiger partial charge in [-0.2, -0.15) is 0 Å². The van der Waals surface area contributed by atoms with Gasteiger partial charge in [-0.25, -0.2) is 4.79 Å². The Morgan fingerprint density at radius 3 is 2.57 bits per heavy atom. The van der Waals surface area contributed by atoms with E-state index in [1.54, 1.807) is 17.0 Å². The van der Waals surface area contributed by atoms with E-state index in [-0.39, 0.29) is 12.2 Å². The quantitative estimate of drug-likeness (QED) is 0.824. The number of carbonyl (C=O) groups is 1. The zero-order valence-corrected chi connectivity index (χ0v) is 13.5. The second kappa shape index (κ2) is 6.56. The van der Waals surface area contributed by atoms with Crippen molar-refractivity contribution in [3.05, 3.63) is 29.3 Å². The molecule has 0 aromatic heterocycles. The number of rotatable bonds is 2. The maximum Gasteiger partial charge on any atom is 0.410 e. The van der Waals surface area contributed by atoms with Crippen molar-refractivity contribution in [2.75, 3.05) is 13.1 Å². The van der Waals surface area contributed by atoms with E-state index in [4.69, 9.17) is 21.1 Å². The molecule has 0 aliphatic carbocycles. The van der Waals surface area contributed by atoms with Gasteiger partial charge in [-0.15, -0.1) is 0 Å². The number of hydrogen-bond acceptors (Lipinski definition) is 3. The zero-order valence-electron chi connectivity index (χ0n) is 12.8. The first-order chi connectivity index (χ1) is 9.83. The van der Waals surface area contributed by atoms with Gasteiger partial charge in [0.2, 0.25) is 0 Å². The number of piperidine rings is 1. The number of halogens is 1. The highest BCUT2D eigenvalue weighted by molar-refractivity contribution is 6.30. The second-order valence-electron chi connectivity index (χ2n) is 6.26. The van der Waals surface area contributed by atoms with Gasteiger partial charge in [0.1, 0.15) is 17.5 Å². The van der Waals surface area contributed by atoms with Crippen LogP contribution in [-0.2, 0) is 4.74 Å². The van der Waals surface area contributed by atoms with Crippen LogP contribution in [0.15, 0.2) is 24.3 Å². The molecule has 116 valence electrons. The van der Waals surface area contributed by atoms with Crippen LogP contribution in [0.2, 0.25) is 5.02 Å². The van der Waals surface area contributed by atoms with E-state index in [1.807, 2.05) is 32.9 Å². The van der Waals surface area contributed by atoms with Crippen LogP contribution in [0, 0.1) is 0 Å². The van der Waals surface area contributed by atoms with Gasteiger partial charge in [0.05, 0.1) is 6.54 Å². The average Bonchev–Trinajstić information content (AvgIpc) is 2.40. The Hall–Kier alpha value is -1.42. The summed E-state index contributed by atoms with van der Waals surface area (Å²) in [6, 6.07) is 7.28. The standard InChI is InChI=1S/C16H22ClNO3/c1-16(2,3)21-15(19)18-10-4-5-14(11-18)20-13-8-6-12(17)7-9-13/h6-9,14H,4-5,10-11H2,1-3H3. The number of ether oxygens (including phenoxy) is 2. The third-order valence-corrected chi connectivity index (χ3v) is 3.40. The third kappa shape index (κ3) is 5.12. The van der Waals surface area contributed by atoms with Crippen LogP contribution in [0.3, 0.4) is 0 Å². The van der Waals surface area contributed by atoms with Crippen molar-refractivity contribution < 1.29 is 14.3 Å². The van der Waals surface area contributed by atoms with Crippen LogP contribution < -0.4 is 4.74 Å². The molecule has 1 atom stereocenters. The van der Waals surface area contributed by atoms with Crippen LogP contribution in [0.4, 0.5) is 4.79 Å². The lowest BCUT2D eigenvalue weighted by Crippen LogP contribution is -2.46. The summed E-state index contributed by atoms with van der Waals surface area (Å²) in [6.07, 6.45) is 1.57. The van der Waals surface area contributed by atoms with E-state index < -0.39 is 5.60 Å². The van der Waals surface area contributed by atoms with E-state index in [2.05, 4.69) is 0 Å². The molecule has 2 rings (SSSR count). The SMILES string of the molecule is CC(C)(C)OC(=O)N1CCCC(Oc2ccc(Cl)cc2)C1. The fourth-order valence-electron chi connectivity index (χ4n) is 2.23. The summed E-state index contributed by atoms with van der Waals surface area (Å²) in [5.74, 6) is 0.774. The highest BCUT2D eigenvalue weighted by Gasteiger charge is 2.28. The number of benzene rings is 1. The molecule has 1 amide bonds. The van der Waals surface area contributed by atoms with E-state index in [9.17, 15) is 4.79 Å². The molecule has 1 unspecified atom stereocenters. The molecule has 0 N–H and O–H groups in total. The van der Waals surface area contributed by atoms with Crippen LogP contribution in [0.5, 0.6) is 5.75 Å². The Balaban J connectivity index is 1.91. The number of hydrogen-bond donors (Lipinski definition) is 0. The average molecular weight is 312 g/mol. The molecular weight excluding hydrogens is 290 g/mol. The largest absolute Gasteiger partial charge is 0.489 e. The minimum Gasteiger partial charge on any atom is -0.489 e. The number of carbonyl (C=O) groups excluding carboxylic acids is 1. The maximum absolute atomic E-state index is 12.1. The van der Waals surface area contributed by atoms with Gasteiger partial charge in [0.15, 0.2) is 0 Å². The molecule has 1 aliphatic rings. The van der Waals surface area contributed by atoms with Crippen LogP contribution in [0.1, 0.15) is 33.6 Å². The molecule has 1 saturated heterocycles. The predicted octanol–water partition coefficient (Wildman–Crippen LogP) is 4.12. The summed E-state index contributed by atoms with van der Waals surface area (Å²) in [5.41, 5.74) is -0.471. The van der Waals surface area contributed by atoms with Crippen molar-refractivity contribution in [3.63, 3.8) is 0 Å². The Kier molecular flexibility index (Phi) is 4.99. The van der Waals surface area contributed by atoms with Crippen molar-refractivity contribution in [3.8, 4) is 5.75 Å². The summed E-state index contributed by atoms with van der Waals surface area (Å²) in [5, 5.41) is 0.682. The highest BCUT2D eigenvalue weighted by Crippen LogP contribution is 2.21. The first kappa shape index (κ1) is 16.0. The van der Waals surface area contributed by atoms with Crippen molar-refractivity contribution in [2.24, 2.45) is 0 Å². The van der Waals surface area contributed by atoms with Crippen molar-refractivity contribution in [1.82, 2.24) is 4.90 Å². The molecule has 1 heterocycles. The lowest BCUT2D eigenvalue weighted by atomic mass is 10.1. The van der Waals surface area contributed by atoms with Gasteiger partial charge in [-0.3, -0.25) is 0 Å². The smallest absolute Gasteiger partial charge is 0.410 e. The van der Waals surface area contributed by atoms with E-state index in [0.29, 0.717) is 11.6 Å². The molecule has 0 radical (unpaired) electrons. The summed E-state index contributed by atoms with van der Waals surface area (Å²) < 4.78 is 11.3. The minimum absolute atomic E-state index is 0.00700. The van der Waals surface area contributed by atoms with Crippen molar-refractivity contribution in [2.45, 2.75) is 45.3 Å². The van der Waals surface area contributed by atoms with Crippen LogP contribution in [-0.4, -0.2) is 35.8 Å². The summed E-state index contributed by atoms with van der Waals surface area (Å²) in [6.45, 7) is 6.89. The number of likely N-dealkylation sites (tertiary alicyclic amines) is 1. The first-order valence-corrected chi connectivity index (χ1v) is 7.61. The molecule has 1 aromatic rings. The van der Waals surface area contributed by atoms with E-state index in [0.717, 1.165) is 25.1 Å². The fraction of sp³-hybridized carbons (Fsp3) is 0.562. The lowest BCUT2D eigenvalue weighted by Gasteiger charge is -2.34. The molecule has 1 aromatic carbocycles. The van der Waals surface area contributed by atoms with Gasteiger partial charge >= 0.3 is 6.09 Å². The van der Waals surface area contributed by atoms with Gasteiger partial charge in [0.25, 0.3) is 0 Å². The second-order valence-corrected chi connectivity index (χ2v) is 6.70. The maximum atomic E-state index is 12.1. The third-order valence-electron chi connectivity index (χ3n) is 3.15. The van der Waals surface area contributed by atoms with Crippen molar-refractivity contribution >= 4 is 17.7 Å². The fourth-order valence-corrected chi connectivity index (χ4v) is 2.36. The molecule has 4 nitrogen and oxygen atoms in total. The summed E-state index contributed by atoms with van der Waals surface area (Å²) in [4.78, 5) is 13.8.